The molecule has 6 aliphatic rings. The number of Topliss-reactive ketones (excluding diaryl/α,β-unsaturated/α-hetero) is 1. The third kappa shape index (κ3) is 30.2. The van der Waals surface area contributed by atoms with Crippen molar-refractivity contribution < 1.29 is 65.8 Å². The van der Waals surface area contributed by atoms with Gasteiger partial charge in [0, 0.05) is 64.2 Å². The van der Waals surface area contributed by atoms with Crippen molar-refractivity contribution in [2.24, 2.45) is 29.6 Å². The number of nitrogens with zero attached hydrogens (tertiary/aromatic N) is 9. The molecule has 1 aromatic carbocycles. The van der Waals surface area contributed by atoms with Crippen LogP contribution in [-0.2, 0) is 33.1 Å². The Balaban J connectivity index is 0.000000173. The van der Waals surface area contributed by atoms with E-state index < -0.39 is 46.0 Å². The normalized spacial score (nSPS) is 20.1. The third-order valence-electron chi connectivity index (χ3n) is 23.8. The van der Waals surface area contributed by atoms with Gasteiger partial charge in [-0.15, -0.1) is 0 Å². The molecule has 8 heterocycles. The van der Waals surface area contributed by atoms with E-state index >= 15 is 0 Å². The van der Waals surface area contributed by atoms with Gasteiger partial charge < -0.3 is 77.4 Å². The van der Waals surface area contributed by atoms with Crippen molar-refractivity contribution in [1.82, 2.24) is 82.1 Å². The number of rotatable bonds is 18. The number of halogens is 2. The third-order valence-corrected chi connectivity index (χ3v) is 23.8. The maximum Gasteiger partial charge on any atom is 0.490 e. The fourth-order valence-corrected chi connectivity index (χ4v) is 15.9. The number of hydrogen-bond donors (Lipinski definition) is 12. The van der Waals surface area contributed by atoms with Gasteiger partial charge in [-0.25, -0.2) is 52.9 Å². The molecule has 129 heavy (non-hydrogen) atoms. The molecule has 698 valence electrons. The molecule has 14 rings (SSSR count). The van der Waals surface area contributed by atoms with Crippen molar-refractivity contribution in [3.8, 4) is 6.07 Å². The predicted molar refractivity (Wildman–Crippen MR) is 493 cm³/mol. The number of amides is 5. The number of ether oxygens (including phenoxy) is 4. The number of carbonyl (C=O) groups is 6. The van der Waals surface area contributed by atoms with E-state index in [1.165, 1.54) is 28.9 Å². The van der Waals surface area contributed by atoms with E-state index in [0.717, 1.165) is 142 Å². The Kier molecular flexibility index (Phi) is 33.7. The molecule has 0 bridgehead atoms. The largest absolute Gasteiger partial charge is 0.490 e. The highest BCUT2D eigenvalue weighted by Crippen LogP contribution is 2.43. The Bertz CT molecular complexity index is 5270. The van der Waals surface area contributed by atoms with Crippen LogP contribution >= 0.6 is 0 Å². The summed E-state index contributed by atoms with van der Waals surface area (Å²) in [6, 6.07) is 10.9. The number of H-pyrrole nitrogens is 3. The number of pyridine rings is 3. The van der Waals surface area contributed by atoms with Gasteiger partial charge in [0.2, 0.25) is 0 Å². The molecule has 0 spiro atoms. The molecule has 1 saturated heterocycles. The molecule has 5 aliphatic carbocycles. The van der Waals surface area contributed by atoms with Crippen LogP contribution < -0.4 is 49.1 Å². The number of anilines is 4. The molecule has 4 fully saturated rings. The number of aromatic nitrogens is 11. The van der Waals surface area contributed by atoms with Gasteiger partial charge in [-0.3, -0.25) is 24.9 Å². The maximum absolute atomic E-state index is 13.7. The number of fused-ring (bicyclic) bond motifs is 3. The molecule has 2 unspecified atom stereocenters. The molecule has 7 aromatic heterocycles. The number of nitrogen functional groups attached to an aromatic ring is 3. The van der Waals surface area contributed by atoms with Gasteiger partial charge in [0.05, 0.1) is 39.6 Å². The number of nitrogens with two attached hydrogens (primary N) is 3. The van der Waals surface area contributed by atoms with Crippen LogP contribution in [0.15, 0.2) is 78.8 Å². The van der Waals surface area contributed by atoms with Gasteiger partial charge in [-0.1, -0.05) is 18.2 Å². The topological polar surface area (TPSA) is 482 Å². The summed E-state index contributed by atoms with van der Waals surface area (Å²) < 4.78 is 60.1. The van der Waals surface area contributed by atoms with Crippen LogP contribution in [0, 0.1) is 52.6 Å². The fourth-order valence-electron chi connectivity index (χ4n) is 15.9. The summed E-state index contributed by atoms with van der Waals surface area (Å²) in [7, 11) is -0.241. The minimum Gasteiger partial charge on any atom is -0.444 e. The van der Waals surface area contributed by atoms with Crippen LogP contribution in [0.5, 0.6) is 0 Å². The molecule has 0 radical (unpaired) electrons. The van der Waals surface area contributed by atoms with E-state index in [1.807, 2.05) is 114 Å². The first-order chi connectivity index (χ1) is 60.7. The number of ketones is 1. The molecular weight excluding hydrogens is 1650 g/mol. The van der Waals surface area contributed by atoms with Crippen molar-refractivity contribution >= 4 is 105 Å². The van der Waals surface area contributed by atoms with E-state index in [2.05, 4.69) is 139 Å². The Morgan fingerprint density at radius 3 is 1.36 bits per heavy atom. The van der Waals surface area contributed by atoms with Crippen LogP contribution in [0.25, 0.3) is 38.7 Å². The maximum atomic E-state index is 13.7. The highest BCUT2D eigenvalue weighted by molar-refractivity contribution is 6.54. The number of benzene rings is 1. The Hall–Kier alpha value is -11.6. The van der Waals surface area contributed by atoms with Crippen molar-refractivity contribution in [1.29, 1.82) is 5.26 Å². The standard InChI is InChI=1S/C27H27F2N9O.C18H32BNO4.C18H27N5O2.C18H25N5O2.C12H21NO3/c1-14(17-6-7-21(28)22(29)9-17)35-27(39)23-26(34-13-19(10-30)36-23)32-11-15-2-4-16(5-3-15)18-8-20-24(31)37-38-25(20)33-12-18;1-16(2,3)22-15(21)20-12-13-8-10-14(11-9-13)19-23-17(4,5)18(6,7)24-19;2*1-18(2,3)25-17(24)21-9-11-4-6-12(7-5-11)13-8-14-15(19)22-23-16(14)20-10-13;1-12(2,3)16-11(15)13-8-9-4-6-10(14)7-5-9/h6-9,12-16H,2-5,11H2,1H3,(H,32,34)(H,35,39)(H3,31,33,37,38);10,13H,8-9,11-12H2,1-7H3,(H,20,21);8,10-12H,4-7,9H2,1-3H3,(H,21,24)(H3,19,20,22,23);6,8,10-11H,4-5,7,9H2,1-3H3,(H,21,24)(H3,19,20,22,23);9H,4-8H2,1-3H3,(H,13,15)/t14-,15?,16?;;;;/m0..../s1. The zero-order valence-corrected chi connectivity index (χ0v) is 77.8. The number of alkyl carbamates (subject to hydrolysis) is 4. The highest BCUT2D eigenvalue weighted by atomic mass is 19.2. The summed E-state index contributed by atoms with van der Waals surface area (Å²) in [4.78, 5) is 92.3. The van der Waals surface area contributed by atoms with Gasteiger partial charge in [0.25, 0.3) is 5.91 Å². The lowest BCUT2D eigenvalue weighted by molar-refractivity contribution is -0.120. The van der Waals surface area contributed by atoms with E-state index in [-0.39, 0.29) is 59.9 Å². The number of nitrogens with one attached hydrogen (secondary N) is 9. The first-order valence-electron chi connectivity index (χ1n) is 44.9. The smallest absolute Gasteiger partial charge is 0.444 e. The van der Waals surface area contributed by atoms with Gasteiger partial charge in [-0.05, 0) is 325 Å². The van der Waals surface area contributed by atoms with Gasteiger partial charge in [-0.2, -0.15) is 20.6 Å². The lowest BCUT2D eigenvalue weighted by Crippen LogP contribution is -2.41. The number of aromatic amines is 3. The second kappa shape index (κ2) is 43.7. The molecule has 1 aliphatic heterocycles. The SMILES string of the molecule is CC(C)(C)OC(=O)NCC1CC=C(B2OC(C)(C)C(C)(C)O2)CC1.CC(C)(C)OC(=O)NCC1CC=C(c2cnc3n[nH]c(N)c3c2)CC1.CC(C)(C)OC(=O)NCC1CCC(=O)CC1.CC(C)(C)OC(=O)NCC1CCC(c2cnc3n[nH]c(N)c3c2)CC1.C[C@H](NC(=O)c1nc(C#N)cnc1NCC1CCC(c2cnc3n[nH]c(N)c3c2)CC1)c1ccc(F)c(F)c1. The van der Waals surface area contributed by atoms with Crippen molar-refractivity contribution in [2.75, 3.05) is 55.2 Å². The lowest BCUT2D eigenvalue weighted by atomic mass is 9.70. The van der Waals surface area contributed by atoms with Gasteiger partial charge >= 0.3 is 31.5 Å². The number of hydrogen-bond acceptors (Lipinski definition) is 25. The van der Waals surface area contributed by atoms with Gasteiger partial charge in [0.1, 0.15) is 51.7 Å². The second-order valence-corrected chi connectivity index (χ2v) is 39.4. The number of nitriles is 1. The summed E-state index contributed by atoms with van der Waals surface area (Å²) in [5.74, 6) is 2.68. The minimum absolute atomic E-state index is 0.00414. The summed E-state index contributed by atoms with van der Waals surface area (Å²) >= 11 is 0. The first kappa shape index (κ1) is 99.6. The van der Waals surface area contributed by atoms with Crippen LogP contribution in [0.3, 0.4) is 0 Å². The van der Waals surface area contributed by atoms with Crippen LogP contribution in [-0.4, -0.2) is 165 Å². The lowest BCUT2D eigenvalue weighted by Gasteiger charge is -2.32. The molecule has 33 nitrogen and oxygen atoms in total. The predicted octanol–water partition coefficient (Wildman–Crippen LogP) is 17.1. The summed E-state index contributed by atoms with van der Waals surface area (Å²) in [6.45, 7) is 35.4. The zero-order valence-electron chi connectivity index (χ0n) is 77.8. The van der Waals surface area contributed by atoms with E-state index in [4.69, 9.17) is 45.5 Å². The summed E-state index contributed by atoms with van der Waals surface area (Å²) in [5.41, 5.74) is 23.5. The average Bonchev–Trinajstić information content (AvgIpc) is 1.62. The molecule has 5 amide bonds. The minimum atomic E-state index is -1.00. The highest BCUT2D eigenvalue weighted by Gasteiger charge is 2.52. The molecule has 8 aromatic rings. The number of allylic oxidation sites excluding steroid dienone is 4. The van der Waals surface area contributed by atoms with Crippen LogP contribution in [0.2, 0.25) is 0 Å². The first-order valence-corrected chi connectivity index (χ1v) is 44.9. The molecule has 3 saturated carbocycles. The van der Waals surface area contributed by atoms with E-state index in [1.54, 1.807) is 6.92 Å². The summed E-state index contributed by atoms with van der Waals surface area (Å²) in [6.07, 6.45) is 27.0. The number of carbonyl (C=O) groups excluding carboxylic acids is 6. The average molecular weight is 1790 g/mol. The van der Waals surface area contributed by atoms with E-state index in [9.17, 15) is 42.8 Å². The van der Waals surface area contributed by atoms with Crippen LogP contribution in [0.4, 0.5) is 51.2 Å². The zero-order chi connectivity index (χ0) is 93.9. The van der Waals surface area contributed by atoms with Crippen LogP contribution in [0.1, 0.15) is 290 Å². The van der Waals surface area contributed by atoms with Gasteiger partial charge in [0.15, 0.2) is 45.8 Å². The molecular formula is C93H132BF2N21O12. The molecule has 3 atom stereocenters. The second-order valence-electron chi connectivity index (χ2n) is 39.4. The Labute approximate surface area is 754 Å². The Morgan fingerprint density at radius 2 is 0.938 bits per heavy atom. The molecule has 15 N–H and O–H groups in total. The van der Waals surface area contributed by atoms with Crippen molar-refractivity contribution in [3.05, 3.63) is 124 Å². The van der Waals surface area contributed by atoms with Crippen molar-refractivity contribution in [3.63, 3.8) is 0 Å². The fraction of sp³-hybridized carbons (Fsp3) is 0.581. The quantitative estimate of drug-likeness (QED) is 0.0280. The monoisotopic (exact) mass is 1780 g/mol. The van der Waals surface area contributed by atoms with E-state index in [0.29, 0.717) is 133 Å². The Morgan fingerprint density at radius 1 is 0.527 bits per heavy atom. The summed E-state index contributed by atoms with van der Waals surface area (Å²) in [5, 5.41) is 49.7. The van der Waals surface area contributed by atoms with Crippen molar-refractivity contribution in [2.45, 2.75) is 285 Å². The molecule has 36 heteroatoms.